The number of methoxy groups -OCH3 is 1. The fourth-order valence-corrected chi connectivity index (χ4v) is 5.77. The smallest absolute Gasteiger partial charge is 0.254 e. The number of likely N-dealkylation sites (tertiary alicyclic amines) is 1. The number of carbonyl (C=O) groups excluding carboxylic acids is 1. The van der Waals surface area contributed by atoms with Gasteiger partial charge in [0.25, 0.3) is 5.91 Å². The van der Waals surface area contributed by atoms with E-state index in [0.717, 1.165) is 34.6 Å². The van der Waals surface area contributed by atoms with E-state index in [-0.39, 0.29) is 23.9 Å². The number of carbonyl (C=O) groups is 1. The highest BCUT2D eigenvalue weighted by molar-refractivity contribution is 6.35. The number of ether oxygens (including phenoxy) is 1. The van der Waals surface area contributed by atoms with Crippen LogP contribution >= 0.6 is 11.6 Å². The van der Waals surface area contributed by atoms with Crippen molar-refractivity contribution >= 4 is 39.6 Å². The van der Waals surface area contributed by atoms with Crippen molar-refractivity contribution in [1.82, 2.24) is 24.0 Å². The van der Waals surface area contributed by atoms with Crippen LogP contribution in [0.1, 0.15) is 37.0 Å². The van der Waals surface area contributed by atoms with E-state index in [2.05, 4.69) is 22.5 Å². The summed E-state index contributed by atoms with van der Waals surface area (Å²) in [5, 5.41) is 1.59. The average molecular weight is 507 g/mol. The van der Waals surface area contributed by atoms with Crippen LogP contribution in [0.4, 0.5) is 0 Å². The lowest BCUT2D eigenvalue weighted by Crippen LogP contribution is -2.40. The number of hydrogen-bond acceptors (Lipinski definition) is 5. The van der Waals surface area contributed by atoms with Gasteiger partial charge in [-0.05, 0) is 55.9 Å². The highest BCUT2D eigenvalue weighted by Crippen LogP contribution is 2.39. The molecule has 1 aliphatic carbocycles. The van der Waals surface area contributed by atoms with E-state index in [0.29, 0.717) is 34.3 Å². The van der Waals surface area contributed by atoms with Crippen molar-refractivity contribution in [2.24, 2.45) is 24.6 Å². The summed E-state index contributed by atoms with van der Waals surface area (Å²) < 4.78 is 10.0. The number of imidazole rings is 1. The first kappa shape index (κ1) is 23.3. The molecular formula is C27H31ClN6O2. The van der Waals surface area contributed by atoms with E-state index < -0.39 is 0 Å². The zero-order valence-corrected chi connectivity index (χ0v) is 21.8. The molecule has 2 N–H and O–H groups in total. The predicted molar refractivity (Wildman–Crippen MR) is 141 cm³/mol. The third kappa shape index (κ3) is 3.58. The molecule has 3 unspecified atom stereocenters. The molecule has 4 aromatic rings. The van der Waals surface area contributed by atoms with Gasteiger partial charge in [0, 0.05) is 49.4 Å². The van der Waals surface area contributed by atoms with E-state index in [4.69, 9.17) is 27.1 Å². The lowest BCUT2D eigenvalue weighted by molar-refractivity contribution is 0.0739. The number of aryl methyl sites for hydroxylation is 1. The number of nitrogens with two attached hydrogens (primary N) is 1. The zero-order valence-electron chi connectivity index (χ0n) is 21.0. The van der Waals surface area contributed by atoms with Gasteiger partial charge in [-0.2, -0.15) is 0 Å². The Labute approximate surface area is 215 Å². The molecule has 0 bridgehead atoms. The van der Waals surface area contributed by atoms with E-state index in [1.807, 2.05) is 41.6 Å². The number of hydrogen-bond donors (Lipinski definition) is 1. The first-order valence-corrected chi connectivity index (χ1v) is 12.9. The molecule has 36 heavy (non-hydrogen) atoms. The Kier molecular flexibility index (Phi) is 5.50. The van der Waals surface area contributed by atoms with Gasteiger partial charge in [-0.25, -0.2) is 9.97 Å². The van der Waals surface area contributed by atoms with Crippen LogP contribution in [-0.4, -0.2) is 55.6 Å². The summed E-state index contributed by atoms with van der Waals surface area (Å²) in [5.41, 5.74) is 10.2. The molecule has 3 aromatic heterocycles. The van der Waals surface area contributed by atoms with Crippen molar-refractivity contribution in [3.05, 3.63) is 41.0 Å². The van der Waals surface area contributed by atoms with E-state index in [9.17, 15) is 4.79 Å². The molecule has 1 saturated carbocycles. The van der Waals surface area contributed by atoms with Gasteiger partial charge in [-0.3, -0.25) is 4.79 Å². The maximum atomic E-state index is 13.5. The minimum Gasteiger partial charge on any atom is -0.494 e. The van der Waals surface area contributed by atoms with Crippen LogP contribution in [0.15, 0.2) is 30.5 Å². The quantitative estimate of drug-likeness (QED) is 0.431. The average Bonchev–Trinajstić information content (AvgIpc) is 3.46. The maximum absolute atomic E-state index is 13.5. The summed E-state index contributed by atoms with van der Waals surface area (Å²) in [6.07, 6.45) is 4.19. The number of halogens is 1. The van der Waals surface area contributed by atoms with Crippen LogP contribution < -0.4 is 10.5 Å². The van der Waals surface area contributed by atoms with Gasteiger partial charge in [0.05, 0.1) is 23.3 Å². The number of aromatic nitrogens is 4. The topological polar surface area (TPSA) is 91.2 Å². The summed E-state index contributed by atoms with van der Waals surface area (Å²) in [4.78, 5) is 25.0. The summed E-state index contributed by atoms with van der Waals surface area (Å²) in [7, 11) is 3.60. The van der Waals surface area contributed by atoms with Crippen LogP contribution in [0.25, 0.3) is 33.6 Å². The van der Waals surface area contributed by atoms with E-state index in [1.165, 1.54) is 12.8 Å². The Morgan fingerprint density at radius 1 is 1.25 bits per heavy atom. The Morgan fingerprint density at radius 3 is 2.69 bits per heavy atom. The highest BCUT2D eigenvalue weighted by atomic mass is 35.5. The van der Waals surface area contributed by atoms with Crippen LogP contribution in [0.5, 0.6) is 5.75 Å². The molecule has 6 rings (SSSR count). The minimum absolute atomic E-state index is 0.0242. The van der Waals surface area contributed by atoms with Gasteiger partial charge in [-0.15, -0.1) is 0 Å². The Morgan fingerprint density at radius 2 is 2.03 bits per heavy atom. The van der Waals surface area contributed by atoms with Crippen LogP contribution in [-0.2, 0) is 13.6 Å². The Hall–Kier alpha value is -3.10. The van der Waals surface area contributed by atoms with Crippen molar-refractivity contribution in [2.45, 2.75) is 45.3 Å². The number of benzene rings is 1. The summed E-state index contributed by atoms with van der Waals surface area (Å²) >= 11 is 6.55. The summed E-state index contributed by atoms with van der Waals surface area (Å²) in [5.74, 6) is 2.25. The van der Waals surface area contributed by atoms with E-state index >= 15 is 0 Å². The van der Waals surface area contributed by atoms with Gasteiger partial charge in [0.15, 0.2) is 5.82 Å². The molecule has 188 valence electrons. The molecule has 2 fully saturated rings. The molecule has 9 heteroatoms. The second kappa shape index (κ2) is 8.49. The van der Waals surface area contributed by atoms with Crippen molar-refractivity contribution in [3.63, 3.8) is 0 Å². The lowest BCUT2D eigenvalue weighted by atomic mass is 10.0. The van der Waals surface area contributed by atoms with Gasteiger partial charge in [-0.1, -0.05) is 18.5 Å². The molecule has 1 saturated heterocycles. The molecule has 0 radical (unpaired) electrons. The number of rotatable bonds is 5. The Bertz CT molecular complexity index is 1500. The number of amides is 1. The highest BCUT2D eigenvalue weighted by Gasteiger charge is 2.37. The van der Waals surface area contributed by atoms with Gasteiger partial charge in [0.1, 0.15) is 16.9 Å². The minimum atomic E-state index is -0.0477. The second-order valence-electron chi connectivity index (χ2n) is 10.4. The standard InChI is InChI=1S/C27H31ClN6O2/c1-14-12-33(15(2)23(14)29)27(35)17-9-20-24(22(10-17)36-4)32(3)26(31-20)21-11-18-19(28)7-8-30-25(18)34(21)13-16-5-6-16/h7-11,14-16,23H,5-6,12-13,29H2,1-4H3. The summed E-state index contributed by atoms with van der Waals surface area (Å²) in [6.45, 7) is 5.62. The SMILES string of the molecule is COc1cc(C(=O)N2CC(C)C(N)C2C)cc2nc(-c3cc4c(Cl)ccnc4n3CC3CC3)n(C)c12. The first-order valence-electron chi connectivity index (χ1n) is 12.5. The zero-order chi connectivity index (χ0) is 25.3. The second-order valence-corrected chi connectivity index (χ2v) is 10.8. The molecule has 1 amide bonds. The molecule has 1 aliphatic heterocycles. The fourth-order valence-electron chi connectivity index (χ4n) is 5.58. The first-order chi connectivity index (χ1) is 17.3. The van der Waals surface area contributed by atoms with Crippen molar-refractivity contribution in [2.75, 3.05) is 13.7 Å². The van der Waals surface area contributed by atoms with Crippen LogP contribution in [0.3, 0.4) is 0 Å². The third-order valence-corrected chi connectivity index (χ3v) is 8.29. The number of fused-ring (bicyclic) bond motifs is 2. The molecule has 4 heterocycles. The third-order valence-electron chi connectivity index (χ3n) is 7.96. The van der Waals surface area contributed by atoms with Gasteiger partial charge >= 0.3 is 0 Å². The fraction of sp³-hybridized carbons (Fsp3) is 0.444. The van der Waals surface area contributed by atoms with Gasteiger partial charge in [0.2, 0.25) is 0 Å². The van der Waals surface area contributed by atoms with Crippen molar-refractivity contribution in [3.8, 4) is 17.3 Å². The lowest BCUT2D eigenvalue weighted by Gasteiger charge is -2.23. The molecule has 0 spiro atoms. The molecule has 3 atom stereocenters. The molecule has 1 aromatic carbocycles. The van der Waals surface area contributed by atoms with Gasteiger partial charge < -0.3 is 24.5 Å². The monoisotopic (exact) mass is 506 g/mol. The molecule has 8 nitrogen and oxygen atoms in total. The van der Waals surface area contributed by atoms with Crippen LogP contribution in [0, 0.1) is 11.8 Å². The maximum Gasteiger partial charge on any atom is 0.254 e. The summed E-state index contributed by atoms with van der Waals surface area (Å²) in [6, 6.07) is 7.51. The van der Waals surface area contributed by atoms with Crippen molar-refractivity contribution < 1.29 is 9.53 Å². The van der Waals surface area contributed by atoms with Crippen molar-refractivity contribution in [1.29, 1.82) is 0 Å². The normalized spacial score (nSPS) is 22.2. The number of nitrogens with zero attached hydrogens (tertiary/aromatic N) is 5. The predicted octanol–water partition coefficient (Wildman–Crippen LogP) is 4.47. The number of pyridine rings is 1. The molecule has 2 aliphatic rings. The Balaban J connectivity index is 1.49. The largest absolute Gasteiger partial charge is 0.494 e. The molecular weight excluding hydrogens is 476 g/mol. The van der Waals surface area contributed by atoms with E-state index in [1.54, 1.807) is 13.3 Å². The van der Waals surface area contributed by atoms with Crippen LogP contribution in [0.2, 0.25) is 5.02 Å².